The van der Waals surface area contributed by atoms with Crippen molar-refractivity contribution < 1.29 is 14.7 Å². The average Bonchev–Trinajstić information content (AvgIpc) is 2.39. The number of hydrogen-bond acceptors (Lipinski definition) is 4. The van der Waals surface area contributed by atoms with E-state index in [4.69, 9.17) is 5.11 Å². The monoisotopic (exact) mass is 269 g/mol. The quantitative estimate of drug-likeness (QED) is 0.739. The molecule has 0 radical (unpaired) electrons. The molecule has 0 aromatic heterocycles. The van der Waals surface area contributed by atoms with E-state index in [0.29, 0.717) is 26.2 Å². The highest BCUT2D eigenvalue weighted by atomic mass is 16.4. The zero-order chi connectivity index (χ0) is 13.9. The Bertz CT molecular complexity index is 345. The molecule has 2 heterocycles. The van der Waals surface area contributed by atoms with E-state index < -0.39 is 11.5 Å². The lowest BCUT2D eigenvalue weighted by Crippen LogP contribution is -2.61. The van der Waals surface area contributed by atoms with Crippen LogP contribution in [0.25, 0.3) is 0 Å². The number of carbonyl (C=O) groups is 2. The Balaban J connectivity index is 1.86. The molecule has 0 spiro atoms. The summed E-state index contributed by atoms with van der Waals surface area (Å²) in [5.74, 6) is -0.636. The van der Waals surface area contributed by atoms with Gasteiger partial charge in [-0.25, -0.2) is 0 Å². The van der Waals surface area contributed by atoms with Crippen LogP contribution in [0.5, 0.6) is 0 Å². The first kappa shape index (κ1) is 14.3. The number of carbonyl (C=O) groups excluding carboxylic acids is 1. The first-order valence-electron chi connectivity index (χ1n) is 7.00. The maximum absolute atomic E-state index is 12.5. The van der Waals surface area contributed by atoms with Crippen molar-refractivity contribution in [2.45, 2.75) is 31.7 Å². The van der Waals surface area contributed by atoms with Gasteiger partial charge in [-0.2, -0.15) is 0 Å². The Morgan fingerprint density at radius 3 is 2.42 bits per heavy atom. The van der Waals surface area contributed by atoms with Gasteiger partial charge in [0.25, 0.3) is 0 Å². The van der Waals surface area contributed by atoms with Gasteiger partial charge in [-0.1, -0.05) is 0 Å². The normalized spacial score (nSPS) is 29.2. The topological polar surface area (TPSA) is 72.9 Å². The Morgan fingerprint density at radius 1 is 1.21 bits per heavy atom. The second-order valence-electron chi connectivity index (χ2n) is 5.68. The molecule has 2 rings (SSSR count). The number of nitrogens with one attached hydrogen (secondary N) is 1. The standard InChI is InChI=1S/C13H23N3O3/c1-13(4-2-3-5-14-13)12(19)16-8-6-15(7-9-16)10-11(17)18/h14H,2-10H2,1H3,(H,17,18). The SMILES string of the molecule is CC1(C(=O)N2CCN(CC(=O)O)CC2)CCCCN1. The van der Waals surface area contributed by atoms with Crippen molar-refractivity contribution in [3.8, 4) is 0 Å². The summed E-state index contributed by atoms with van der Waals surface area (Å²) in [4.78, 5) is 26.9. The fourth-order valence-corrected chi connectivity index (χ4v) is 2.89. The van der Waals surface area contributed by atoms with Gasteiger partial charge in [0, 0.05) is 26.2 Å². The van der Waals surface area contributed by atoms with Gasteiger partial charge in [-0.05, 0) is 32.7 Å². The molecule has 1 amide bonds. The number of carboxylic acids is 1. The Labute approximate surface area is 113 Å². The summed E-state index contributed by atoms with van der Waals surface area (Å²) in [6, 6.07) is 0. The minimum atomic E-state index is -0.805. The Hall–Kier alpha value is -1.14. The molecule has 6 nitrogen and oxygen atoms in total. The molecule has 2 aliphatic rings. The number of amides is 1. The molecule has 0 aromatic carbocycles. The molecule has 1 unspecified atom stereocenters. The highest BCUT2D eigenvalue weighted by Gasteiger charge is 2.38. The minimum absolute atomic E-state index is 0.0670. The molecule has 0 saturated carbocycles. The van der Waals surface area contributed by atoms with Gasteiger partial charge in [-0.3, -0.25) is 14.5 Å². The van der Waals surface area contributed by atoms with E-state index in [2.05, 4.69) is 5.32 Å². The molecule has 1 atom stereocenters. The van der Waals surface area contributed by atoms with Gasteiger partial charge in [0.05, 0.1) is 12.1 Å². The smallest absolute Gasteiger partial charge is 0.317 e. The lowest BCUT2D eigenvalue weighted by atomic mass is 9.89. The predicted molar refractivity (Wildman–Crippen MR) is 70.9 cm³/mol. The number of rotatable bonds is 3. The van der Waals surface area contributed by atoms with Crippen molar-refractivity contribution in [3.05, 3.63) is 0 Å². The number of nitrogens with zero attached hydrogens (tertiary/aromatic N) is 2. The summed E-state index contributed by atoms with van der Waals surface area (Å²) in [6.45, 7) is 5.51. The molecule has 2 aliphatic heterocycles. The van der Waals surface area contributed by atoms with Crippen LogP contribution >= 0.6 is 0 Å². The maximum Gasteiger partial charge on any atom is 0.317 e. The van der Waals surface area contributed by atoms with Crippen LogP contribution in [0.3, 0.4) is 0 Å². The van der Waals surface area contributed by atoms with Crippen molar-refractivity contribution in [2.75, 3.05) is 39.3 Å². The zero-order valence-corrected chi connectivity index (χ0v) is 11.5. The van der Waals surface area contributed by atoms with Crippen molar-refractivity contribution in [3.63, 3.8) is 0 Å². The van der Waals surface area contributed by atoms with Crippen LogP contribution < -0.4 is 5.32 Å². The Kier molecular flexibility index (Phi) is 4.42. The number of piperazine rings is 1. The highest BCUT2D eigenvalue weighted by molar-refractivity contribution is 5.86. The summed E-state index contributed by atoms with van der Waals surface area (Å²) in [6.07, 6.45) is 3.12. The van der Waals surface area contributed by atoms with Crippen molar-refractivity contribution in [1.82, 2.24) is 15.1 Å². The number of aliphatic carboxylic acids is 1. The molecule has 0 bridgehead atoms. The lowest BCUT2D eigenvalue weighted by Gasteiger charge is -2.41. The summed E-state index contributed by atoms with van der Waals surface area (Å²) < 4.78 is 0. The third kappa shape index (κ3) is 3.45. The summed E-state index contributed by atoms with van der Waals surface area (Å²) in [5.41, 5.74) is -0.423. The van der Waals surface area contributed by atoms with Crippen LogP contribution in [0.1, 0.15) is 26.2 Å². The van der Waals surface area contributed by atoms with Gasteiger partial charge in [-0.15, -0.1) is 0 Å². The molecule has 19 heavy (non-hydrogen) atoms. The molecule has 6 heteroatoms. The van der Waals surface area contributed by atoms with E-state index in [1.807, 2.05) is 16.7 Å². The minimum Gasteiger partial charge on any atom is -0.480 e. The van der Waals surface area contributed by atoms with Gasteiger partial charge in [0.15, 0.2) is 0 Å². The second kappa shape index (κ2) is 5.88. The fraction of sp³-hybridized carbons (Fsp3) is 0.846. The summed E-state index contributed by atoms with van der Waals surface area (Å²) >= 11 is 0. The molecular formula is C13H23N3O3. The van der Waals surface area contributed by atoms with Crippen LogP contribution in [0, 0.1) is 0 Å². The van der Waals surface area contributed by atoms with E-state index in [0.717, 1.165) is 25.8 Å². The summed E-state index contributed by atoms with van der Waals surface area (Å²) in [5, 5.41) is 12.1. The average molecular weight is 269 g/mol. The number of piperidine rings is 1. The van der Waals surface area contributed by atoms with Crippen molar-refractivity contribution in [1.29, 1.82) is 0 Å². The molecule has 2 fully saturated rings. The molecule has 2 saturated heterocycles. The molecule has 2 N–H and O–H groups in total. The van der Waals surface area contributed by atoms with Crippen LogP contribution in [0.15, 0.2) is 0 Å². The van der Waals surface area contributed by atoms with Crippen molar-refractivity contribution >= 4 is 11.9 Å². The zero-order valence-electron chi connectivity index (χ0n) is 11.5. The van der Waals surface area contributed by atoms with E-state index in [9.17, 15) is 9.59 Å². The van der Waals surface area contributed by atoms with Crippen molar-refractivity contribution in [2.24, 2.45) is 0 Å². The van der Waals surface area contributed by atoms with Crippen LogP contribution in [0.4, 0.5) is 0 Å². The predicted octanol–water partition coefficient (Wildman–Crippen LogP) is -0.253. The van der Waals surface area contributed by atoms with Crippen LogP contribution in [-0.4, -0.2) is 71.6 Å². The number of hydrogen-bond donors (Lipinski definition) is 2. The second-order valence-corrected chi connectivity index (χ2v) is 5.68. The van der Waals surface area contributed by atoms with Gasteiger partial charge < -0.3 is 15.3 Å². The first-order chi connectivity index (χ1) is 9.01. The largest absolute Gasteiger partial charge is 0.480 e. The summed E-state index contributed by atoms with van der Waals surface area (Å²) in [7, 11) is 0. The fourth-order valence-electron chi connectivity index (χ4n) is 2.89. The third-order valence-corrected chi connectivity index (χ3v) is 4.11. The van der Waals surface area contributed by atoms with Gasteiger partial charge >= 0.3 is 5.97 Å². The third-order valence-electron chi connectivity index (χ3n) is 4.11. The van der Waals surface area contributed by atoms with Gasteiger partial charge in [0.2, 0.25) is 5.91 Å². The molecule has 0 aliphatic carbocycles. The highest BCUT2D eigenvalue weighted by Crippen LogP contribution is 2.22. The van der Waals surface area contributed by atoms with Gasteiger partial charge in [0.1, 0.15) is 0 Å². The first-order valence-corrected chi connectivity index (χ1v) is 7.00. The van der Waals surface area contributed by atoms with Crippen LogP contribution in [-0.2, 0) is 9.59 Å². The van der Waals surface area contributed by atoms with Crippen LogP contribution in [0.2, 0.25) is 0 Å². The van der Waals surface area contributed by atoms with E-state index in [1.165, 1.54) is 0 Å². The molecule has 0 aromatic rings. The lowest BCUT2D eigenvalue weighted by molar-refractivity contribution is -0.142. The Morgan fingerprint density at radius 2 is 1.89 bits per heavy atom. The van der Waals surface area contributed by atoms with E-state index >= 15 is 0 Å². The molecule has 108 valence electrons. The molecular weight excluding hydrogens is 246 g/mol. The van der Waals surface area contributed by atoms with E-state index in [1.54, 1.807) is 0 Å². The maximum atomic E-state index is 12.5. The number of carboxylic acid groups (broad SMARTS) is 1. The van der Waals surface area contributed by atoms with E-state index in [-0.39, 0.29) is 12.5 Å².